The molecule has 2 atom stereocenters. The Bertz CT molecular complexity index is 436. The lowest BCUT2D eigenvalue weighted by Gasteiger charge is -2.34. The van der Waals surface area contributed by atoms with E-state index in [-0.39, 0.29) is 0 Å². The Hall–Kier alpha value is -0.670. The molecule has 2 unspecified atom stereocenters. The molecular weight excluding hydrogens is 252 g/mol. The minimum absolute atomic E-state index is 0.767. The molecule has 2 aliphatic rings. The Balaban J connectivity index is 1.69. The van der Waals surface area contributed by atoms with E-state index in [1.54, 1.807) is 0 Å². The predicted octanol–water partition coefficient (Wildman–Crippen LogP) is 3.37. The summed E-state index contributed by atoms with van der Waals surface area (Å²) in [4.78, 5) is 2.61. The Morgan fingerprint density at radius 1 is 1.26 bits per heavy atom. The molecule has 0 spiro atoms. The quantitative estimate of drug-likeness (QED) is 0.891. The first kappa shape index (κ1) is 13.3. The zero-order valence-electron chi connectivity index (χ0n) is 12.0. The first-order chi connectivity index (χ1) is 9.20. The molecule has 2 nitrogen and oxygen atoms in total. The number of hydrogen-bond acceptors (Lipinski definition) is 3. The van der Waals surface area contributed by atoms with Gasteiger partial charge in [0.25, 0.3) is 0 Å². The van der Waals surface area contributed by atoms with E-state index in [2.05, 4.69) is 54.0 Å². The van der Waals surface area contributed by atoms with Crippen molar-refractivity contribution < 1.29 is 0 Å². The summed E-state index contributed by atoms with van der Waals surface area (Å²) in [6.07, 6.45) is 2.50. The minimum atomic E-state index is 0.767. The molecule has 3 rings (SSSR count). The summed E-state index contributed by atoms with van der Waals surface area (Å²) in [5.74, 6) is 0. The van der Waals surface area contributed by atoms with Crippen LogP contribution in [-0.4, -0.2) is 35.0 Å². The molecule has 0 radical (unpaired) electrons. The molecule has 1 saturated heterocycles. The third kappa shape index (κ3) is 3.26. The van der Waals surface area contributed by atoms with Crippen molar-refractivity contribution in [1.82, 2.24) is 4.90 Å². The summed E-state index contributed by atoms with van der Waals surface area (Å²) in [6, 6.07) is 6.99. The maximum Gasteiger partial charge on any atom is 0.0372 e. The zero-order chi connectivity index (χ0) is 13.2. The summed E-state index contributed by atoms with van der Waals surface area (Å²) >= 11 is 2.13. The molecular formula is C16H24N2S. The molecule has 19 heavy (non-hydrogen) atoms. The lowest BCUT2D eigenvalue weighted by Crippen LogP contribution is -2.39. The van der Waals surface area contributed by atoms with E-state index in [4.69, 9.17) is 0 Å². The summed E-state index contributed by atoms with van der Waals surface area (Å²) in [5, 5.41) is 5.02. The lowest BCUT2D eigenvalue weighted by atomic mass is 10.0. The van der Waals surface area contributed by atoms with Crippen LogP contribution in [0.25, 0.3) is 0 Å². The van der Waals surface area contributed by atoms with Crippen LogP contribution in [0.5, 0.6) is 0 Å². The summed E-state index contributed by atoms with van der Waals surface area (Å²) in [7, 11) is 0. The van der Waals surface area contributed by atoms with E-state index in [0.29, 0.717) is 0 Å². The first-order valence-corrected chi connectivity index (χ1v) is 8.38. The highest BCUT2D eigenvalue weighted by molar-refractivity contribution is 8.00. The molecule has 0 saturated carbocycles. The smallest absolute Gasteiger partial charge is 0.0372 e. The van der Waals surface area contributed by atoms with Crippen molar-refractivity contribution in [2.45, 2.75) is 43.7 Å². The van der Waals surface area contributed by atoms with Crippen molar-refractivity contribution in [3.05, 3.63) is 29.3 Å². The van der Waals surface area contributed by atoms with Gasteiger partial charge in [-0.15, -0.1) is 0 Å². The molecule has 0 bridgehead atoms. The van der Waals surface area contributed by atoms with E-state index in [9.17, 15) is 0 Å². The number of nitrogens with zero attached hydrogens (tertiary/aromatic N) is 1. The molecule has 1 aromatic carbocycles. The second kappa shape index (κ2) is 5.76. The Labute approximate surface area is 121 Å². The van der Waals surface area contributed by atoms with Crippen LogP contribution in [0, 0.1) is 0 Å². The van der Waals surface area contributed by atoms with Gasteiger partial charge in [-0.3, -0.25) is 4.90 Å². The van der Waals surface area contributed by atoms with Gasteiger partial charge in [-0.2, -0.15) is 11.8 Å². The Kier molecular flexibility index (Phi) is 4.04. The molecule has 0 aromatic heterocycles. The van der Waals surface area contributed by atoms with Crippen molar-refractivity contribution in [3.63, 3.8) is 0 Å². The average molecular weight is 276 g/mol. The molecule has 2 aliphatic heterocycles. The van der Waals surface area contributed by atoms with Crippen LogP contribution in [0.3, 0.4) is 0 Å². The zero-order valence-corrected chi connectivity index (χ0v) is 12.8. The number of benzene rings is 1. The van der Waals surface area contributed by atoms with Gasteiger partial charge in [-0.1, -0.05) is 26.0 Å². The van der Waals surface area contributed by atoms with Gasteiger partial charge in [0.2, 0.25) is 0 Å². The van der Waals surface area contributed by atoms with Gasteiger partial charge in [-0.05, 0) is 30.0 Å². The normalized spacial score (nSPS) is 27.7. The van der Waals surface area contributed by atoms with Gasteiger partial charge in [0, 0.05) is 42.4 Å². The third-order valence-electron chi connectivity index (χ3n) is 4.01. The van der Waals surface area contributed by atoms with Crippen molar-refractivity contribution in [1.29, 1.82) is 0 Å². The lowest BCUT2D eigenvalue weighted by molar-refractivity contribution is 0.263. The van der Waals surface area contributed by atoms with Crippen LogP contribution in [0.1, 0.15) is 31.4 Å². The summed E-state index contributed by atoms with van der Waals surface area (Å²) in [5.41, 5.74) is 4.34. The van der Waals surface area contributed by atoms with E-state index >= 15 is 0 Å². The van der Waals surface area contributed by atoms with Crippen LogP contribution in [0.2, 0.25) is 0 Å². The van der Waals surface area contributed by atoms with E-state index in [1.807, 2.05) is 0 Å². The van der Waals surface area contributed by atoms with Gasteiger partial charge < -0.3 is 5.32 Å². The average Bonchev–Trinajstić information content (AvgIpc) is 2.37. The number of nitrogens with one attached hydrogen (secondary N) is 1. The van der Waals surface area contributed by atoms with Crippen molar-refractivity contribution in [3.8, 4) is 0 Å². The largest absolute Gasteiger partial charge is 0.385 e. The van der Waals surface area contributed by atoms with E-state index in [0.717, 1.165) is 23.6 Å². The summed E-state index contributed by atoms with van der Waals surface area (Å²) < 4.78 is 0. The maximum absolute atomic E-state index is 3.49. The fourth-order valence-corrected chi connectivity index (χ4v) is 4.69. The molecule has 1 N–H and O–H groups in total. The van der Waals surface area contributed by atoms with Crippen LogP contribution in [0.4, 0.5) is 5.69 Å². The number of aryl methyl sites for hydroxylation is 1. The Morgan fingerprint density at radius 2 is 2.05 bits per heavy atom. The van der Waals surface area contributed by atoms with Crippen LogP contribution < -0.4 is 5.32 Å². The molecule has 1 aromatic rings. The second-order valence-corrected chi connectivity index (χ2v) is 7.85. The van der Waals surface area contributed by atoms with Gasteiger partial charge in [0.05, 0.1) is 0 Å². The maximum atomic E-state index is 3.49. The molecule has 104 valence electrons. The third-order valence-corrected chi connectivity index (χ3v) is 5.24. The van der Waals surface area contributed by atoms with Gasteiger partial charge >= 0.3 is 0 Å². The second-order valence-electron chi connectivity index (χ2n) is 5.97. The molecule has 2 heterocycles. The van der Waals surface area contributed by atoms with E-state index < -0.39 is 0 Å². The number of fused-ring (bicyclic) bond motifs is 1. The van der Waals surface area contributed by atoms with Crippen molar-refractivity contribution in [2.24, 2.45) is 0 Å². The highest BCUT2D eigenvalue weighted by Gasteiger charge is 2.22. The fourth-order valence-electron chi connectivity index (χ4n) is 3.30. The molecule has 0 aliphatic carbocycles. The number of hydrogen-bond donors (Lipinski definition) is 1. The van der Waals surface area contributed by atoms with Crippen LogP contribution >= 0.6 is 11.8 Å². The molecule has 0 amide bonds. The molecule has 1 fully saturated rings. The Morgan fingerprint density at radius 3 is 2.84 bits per heavy atom. The van der Waals surface area contributed by atoms with Gasteiger partial charge in [0.15, 0.2) is 0 Å². The van der Waals surface area contributed by atoms with Crippen molar-refractivity contribution >= 4 is 17.4 Å². The van der Waals surface area contributed by atoms with Crippen LogP contribution in [0.15, 0.2) is 18.2 Å². The minimum Gasteiger partial charge on any atom is -0.385 e. The fraction of sp³-hybridized carbons (Fsp3) is 0.625. The number of anilines is 1. The standard InChI is InChI=1S/C16H24N2S/c1-12-9-18(10-13(2)19-12)11-14-5-6-16-15(8-14)4-3-7-17-16/h5-6,8,12-13,17H,3-4,7,9-11H2,1-2H3. The highest BCUT2D eigenvalue weighted by Crippen LogP contribution is 2.27. The van der Waals surface area contributed by atoms with Crippen molar-refractivity contribution in [2.75, 3.05) is 25.0 Å². The monoisotopic (exact) mass is 276 g/mol. The van der Waals surface area contributed by atoms with Gasteiger partial charge in [-0.25, -0.2) is 0 Å². The summed E-state index contributed by atoms with van der Waals surface area (Å²) in [6.45, 7) is 9.40. The number of rotatable bonds is 2. The predicted molar refractivity (Wildman–Crippen MR) is 85.0 cm³/mol. The highest BCUT2D eigenvalue weighted by atomic mass is 32.2. The van der Waals surface area contributed by atoms with Crippen LogP contribution in [-0.2, 0) is 13.0 Å². The topological polar surface area (TPSA) is 15.3 Å². The molecule has 3 heteroatoms. The first-order valence-electron chi connectivity index (χ1n) is 7.44. The van der Waals surface area contributed by atoms with E-state index in [1.165, 1.54) is 42.7 Å². The van der Waals surface area contributed by atoms with Gasteiger partial charge in [0.1, 0.15) is 0 Å². The SMILES string of the molecule is CC1CN(Cc2ccc3c(c2)CCCN3)CC(C)S1. The number of thioether (sulfide) groups is 1.